The molecule has 1 aromatic carbocycles. The van der Waals surface area contributed by atoms with E-state index in [9.17, 15) is 9.59 Å². The zero-order valence-electron chi connectivity index (χ0n) is 14.7. The molecule has 0 saturated heterocycles. The number of amides is 1. The van der Waals surface area contributed by atoms with E-state index in [1.165, 1.54) is 0 Å². The second-order valence-corrected chi connectivity index (χ2v) is 6.17. The molecule has 2 aromatic rings. The van der Waals surface area contributed by atoms with Crippen LogP contribution in [0.1, 0.15) is 29.3 Å². The highest BCUT2D eigenvalue weighted by atomic mass is 16.2. The first-order valence-electron chi connectivity index (χ1n) is 8.54. The van der Waals surface area contributed by atoms with Crippen molar-refractivity contribution in [2.45, 2.75) is 26.8 Å². The van der Waals surface area contributed by atoms with E-state index in [0.29, 0.717) is 30.8 Å². The van der Waals surface area contributed by atoms with Crippen LogP contribution in [0.15, 0.2) is 47.8 Å². The molecular weight excluding hydrogens is 314 g/mol. The van der Waals surface area contributed by atoms with Gasteiger partial charge in [0.25, 0.3) is 11.5 Å². The van der Waals surface area contributed by atoms with E-state index in [1.54, 1.807) is 17.0 Å². The van der Waals surface area contributed by atoms with Gasteiger partial charge in [-0.05, 0) is 26.3 Å². The van der Waals surface area contributed by atoms with Crippen LogP contribution < -0.4 is 5.56 Å². The Kier molecular flexibility index (Phi) is 4.74. The second-order valence-electron chi connectivity index (χ2n) is 6.17. The summed E-state index contributed by atoms with van der Waals surface area (Å²) in [6, 6.07) is 7.52. The minimum Gasteiger partial charge on any atom is -0.335 e. The van der Waals surface area contributed by atoms with Gasteiger partial charge in [-0.2, -0.15) is 0 Å². The average Bonchev–Trinajstić information content (AvgIpc) is 2.87. The van der Waals surface area contributed by atoms with Gasteiger partial charge >= 0.3 is 0 Å². The number of aromatic nitrogens is 2. The predicted octanol–water partition coefficient (Wildman–Crippen LogP) is 3.15. The number of rotatable bonds is 3. The summed E-state index contributed by atoms with van der Waals surface area (Å²) < 4.78 is 3.64. The van der Waals surface area contributed by atoms with Gasteiger partial charge in [0.1, 0.15) is 0 Å². The van der Waals surface area contributed by atoms with E-state index in [4.69, 9.17) is 0 Å². The molecule has 0 radical (unpaired) electrons. The van der Waals surface area contributed by atoms with Crippen molar-refractivity contribution >= 4 is 12.1 Å². The van der Waals surface area contributed by atoms with Gasteiger partial charge in [0, 0.05) is 42.5 Å². The fraction of sp³-hybridized carbons (Fsp3) is 0.300. The van der Waals surface area contributed by atoms with Gasteiger partial charge in [-0.3, -0.25) is 14.3 Å². The fourth-order valence-corrected chi connectivity index (χ4v) is 3.42. The van der Waals surface area contributed by atoms with Gasteiger partial charge in [-0.1, -0.05) is 30.4 Å². The highest BCUT2D eigenvalue weighted by Crippen LogP contribution is 2.28. The summed E-state index contributed by atoms with van der Waals surface area (Å²) in [7, 11) is 0. The number of hydrogen-bond donors (Lipinski definition) is 0. The van der Waals surface area contributed by atoms with Crippen molar-refractivity contribution in [1.82, 2.24) is 14.3 Å². The lowest BCUT2D eigenvalue weighted by Gasteiger charge is -2.21. The molecule has 0 aliphatic carbocycles. The number of carbonyl (C=O) groups excluding carboxylic acids is 1. The monoisotopic (exact) mass is 337 g/mol. The van der Waals surface area contributed by atoms with Crippen LogP contribution in [0.2, 0.25) is 0 Å². The molecule has 0 atom stereocenters. The minimum absolute atomic E-state index is 0.0189. The molecule has 1 aliphatic rings. The van der Waals surface area contributed by atoms with Crippen molar-refractivity contribution in [1.29, 1.82) is 0 Å². The summed E-state index contributed by atoms with van der Waals surface area (Å²) in [6.07, 6.45) is 6.15. The fourth-order valence-electron chi connectivity index (χ4n) is 3.42. The molecule has 0 bridgehead atoms. The molecule has 5 heteroatoms. The molecular formula is C20H23N3O2. The summed E-state index contributed by atoms with van der Waals surface area (Å²) in [6.45, 7) is 9.29. The predicted molar refractivity (Wildman–Crippen MR) is 101 cm³/mol. The molecule has 5 nitrogen and oxygen atoms in total. The number of benzene rings is 1. The quantitative estimate of drug-likeness (QED) is 0.808. The SMILES string of the molecule is C=CCN1CCCn2c(c(C)c(=O)n2/C=C/C)-c2ccccc2C1=O. The van der Waals surface area contributed by atoms with Gasteiger partial charge in [-0.25, -0.2) is 4.68 Å². The zero-order chi connectivity index (χ0) is 18.0. The van der Waals surface area contributed by atoms with Crippen LogP contribution in [0.5, 0.6) is 0 Å². The van der Waals surface area contributed by atoms with Gasteiger partial charge in [-0.15, -0.1) is 6.58 Å². The molecule has 3 rings (SSSR count). The molecule has 1 amide bonds. The number of fused-ring (bicyclic) bond motifs is 3. The highest BCUT2D eigenvalue weighted by Gasteiger charge is 2.25. The molecule has 0 saturated carbocycles. The van der Waals surface area contributed by atoms with Crippen molar-refractivity contribution in [3.8, 4) is 11.3 Å². The molecule has 2 heterocycles. The molecule has 130 valence electrons. The van der Waals surface area contributed by atoms with E-state index in [-0.39, 0.29) is 11.5 Å². The lowest BCUT2D eigenvalue weighted by atomic mass is 10.0. The van der Waals surface area contributed by atoms with Crippen molar-refractivity contribution in [2.75, 3.05) is 13.1 Å². The van der Waals surface area contributed by atoms with Crippen molar-refractivity contribution in [3.63, 3.8) is 0 Å². The van der Waals surface area contributed by atoms with E-state index in [2.05, 4.69) is 6.58 Å². The maximum absolute atomic E-state index is 13.0. The summed E-state index contributed by atoms with van der Waals surface area (Å²) >= 11 is 0. The summed E-state index contributed by atoms with van der Waals surface area (Å²) in [5.41, 5.74) is 2.88. The van der Waals surface area contributed by atoms with Crippen molar-refractivity contribution < 1.29 is 4.79 Å². The molecule has 25 heavy (non-hydrogen) atoms. The van der Waals surface area contributed by atoms with Crippen LogP contribution in [-0.2, 0) is 6.54 Å². The Balaban J connectivity index is 2.30. The molecule has 0 unspecified atom stereocenters. The molecule has 1 aromatic heterocycles. The van der Waals surface area contributed by atoms with E-state index < -0.39 is 0 Å². The van der Waals surface area contributed by atoms with Crippen LogP contribution >= 0.6 is 0 Å². The molecule has 0 fully saturated rings. The summed E-state index contributed by atoms with van der Waals surface area (Å²) in [4.78, 5) is 27.5. The first-order chi connectivity index (χ1) is 12.1. The van der Waals surface area contributed by atoms with E-state index in [0.717, 1.165) is 17.7 Å². The van der Waals surface area contributed by atoms with Crippen LogP contribution in [0, 0.1) is 6.92 Å². The largest absolute Gasteiger partial charge is 0.335 e. The maximum Gasteiger partial charge on any atom is 0.274 e. The molecule has 1 aliphatic heterocycles. The van der Waals surface area contributed by atoms with Crippen LogP contribution in [-0.4, -0.2) is 33.3 Å². The Morgan fingerprint density at radius 1 is 1.16 bits per heavy atom. The Morgan fingerprint density at radius 3 is 2.56 bits per heavy atom. The third-order valence-electron chi connectivity index (χ3n) is 4.54. The zero-order valence-corrected chi connectivity index (χ0v) is 14.7. The number of hydrogen-bond acceptors (Lipinski definition) is 2. The lowest BCUT2D eigenvalue weighted by Crippen LogP contribution is -2.32. The number of allylic oxidation sites excluding steroid dienone is 1. The van der Waals surface area contributed by atoms with Crippen molar-refractivity contribution in [3.05, 3.63) is 64.5 Å². The van der Waals surface area contributed by atoms with Gasteiger partial charge in [0.2, 0.25) is 0 Å². The van der Waals surface area contributed by atoms with Gasteiger partial charge < -0.3 is 4.90 Å². The Labute approximate surface area is 147 Å². The second kappa shape index (κ2) is 6.97. The number of carbonyl (C=O) groups is 1. The first-order valence-corrected chi connectivity index (χ1v) is 8.54. The maximum atomic E-state index is 13.0. The topological polar surface area (TPSA) is 47.2 Å². The minimum atomic E-state index is -0.0427. The van der Waals surface area contributed by atoms with Crippen LogP contribution in [0.4, 0.5) is 0 Å². The smallest absolute Gasteiger partial charge is 0.274 e. The third kappa shape index (κ3) is 2.86. The van der Waals surface area contributed by atoms with Gasteiger partial charge in [0.15, 0.2) is 0 Å². The Hall–Kier alpha value is -2.82. The van der Waals surface area contributed by atoms with E-state index >= 15 is 0 Å². The van der Waals surface area contributed by atoms with Crippen LogP contribution in [0.3, 0.4) is 0 Å². The Bertz CT molecular complexity index is 902. The molecule has 0 N–H and O–H groups in total. The summed E-state index contributed by atoms with van der Waals surface area (Å²) in [5.74, 6) is -0.0189. The first kappa shape index (κ1) is 17.0. The summed E-state index contributed by atoms with van der Waals surface area (Å²) in [5, 5.41) is 0. The Morgan fingerprint density at radius 2 is 1.88 bits per heavy atom. The lowest BCUT2D eigenvalue weighted by molar-refractivity contribution is 0.0772. The standard InChI is InChI=1S/C20H23N3O2/c1-4-11-21-13-8-14-22-18(15(3)19(24)23(22)12-5-2)16-9-6-7-10-17(16)20(21)25/h4-7,9-10,12H,1,8,11,13-14H2,2-3H3/b12-5+. The van der Waals surface area contributed by atoms with Gasteiger partial charge in [0.05, 0.1) is 5.69 Å². The van der Waals surface area contributed by atoms with Crippen molar-refractivity contribution in [2.24, 2.45) is 0 Å². The third-order valence-corrected chi connectivity index (χ3v) is 4.54. The average molecular weight is 337 g/mol. The van der Waals surface area contributed by atoms with E-state index in [1.807, 2.05) is 53.8 Å². The van der Waals surface area contributed by atoms with Crippen LogP contribution in [0.25, 0.3) is 17.5 Å². The highest BCUT2D eigenvalue weighted by molar-refractivity contribution is 6.01. The molecule has 0 spiro atoms. The normalized spacial score (nSPS) is 14.6. The number of nitrogens with zero attached hydrogens (tertiary/aromatic N) is 3.